The predicted molar refractivity (Wildman–Crippen MR) is 73.9 cm³/mol. The second-order valence-corrected chi connectivity index (χ2v) is 3.96. The van der Waals surface area contributed by atoms with Crippen molar-refractivity contribution in [2.24, 2.45) is 5.18 Å². The van der Waals surface area contributed by atoms with E-state index in [4.69, 9.17) is 4.74 Å². The fourth-order valence-electron chi connectivity index (χ4n) is 1.75. The number of hydrogen-bond acceptors (Lipinski definition) is 5. The Morgan fingerprint density at radius 3 is 2.79 bits per heavy atom. The van der Waals surface area contributed by atoms with E-state index in [9.17, 15) is 10.0 Å². The molecule has 5 heteroatoms. The average Bonchev–Trinajstić information content (AvgIpc) is 2.46. The summed E-state index contributed by atoms with van der Waals surface area (Å²) in [6.45, 7) is 0.371. The largest absolute Gasteiger partial charge is 0.508 e. The van der Waals surface area contributed by atoms with Gasteiger partial charge in [-0.15, -0.1) is 4.91 Å². The van der Waals surface area contributed by atoms with E-state index in [0.29, 0.717) is 17.9 Å². The highest BCUT2D eigenvalue weighted by molar-refractivity contribution is 5.57. The maximum atomic E-state index is 10.5. The van der Waals surface area contributed by atoms with E-state index >= 15 is 0 Å². The highest BCUT2D eigenvalue weighted by atomic mass is 16.5. The summed E-state index contributed by atoms with van der Waals surface area (Å²) in [5.74, 6) is 0.835. The lowest BCUT2D eigenvalue weighted by molar-refractivity contribution is 0.416. The summed E-state index contributed by atoms with van der Waals surface area (Å²) < 4.78 is 5.22. The van der Waals surface area contributed by atoms with E-state index in [2.05, 4.69) is 10.5 Å². The number of nitrogens with one attached hydrogen (secondary N) is 1. The molecule has 0 amide bonds. The fourth-order valence-corrected chi connectivity index (χ4v) is 1.75. The number of ether oxygens (including phenoxy) is 1. The molecule has 2 N–H and O–H groups in total. The molecule has 0 fully saturated rings. The molecule has 0 spiro atoms. The highest BCUT2D eigenvalue weighted by Crippen LogP contribution is 2.27. The van der Waals surface area contributed by atoms with E-state index < -0.39 is 0 Å². The highest BCUT2D eigenvalue weighted by Gasteiger charge is 2.05. The van der Waals surface area contributed by atoms with Gasteiger partial charge in [0.05, 0.1) is 12.8 Å². The topological polar surface area (TPSA) is 70.9 Å². The van der Waals surface area contributed by atoms with Crippen molar-refractivity contribution in [2.75, 3.05) is 12.4 Å². The number of nitroso groups, excluding NO2 is 1. The van der Waals surface area contributed by atoms with Crippen LogP contribution in [0.1, 0.15) is 5.56 Å². The Balaban J connectivity index is 2.16. The third-order valence-corrected chi connectivity index (χ3v) is 2.74. The molecule has 0 heterocycles. The van der Waals surface area contributed by atoms with Crippen LogP contribution in [0.15, 0.2) is 47.6 Å². The van der Waals surface area contributed by atoms with Gasteiger partial charge in [0.15, 0.2) is 0 Å². The van der Waals surface area contributed by atoms with Crippen LogP contribution in [0.4, 0.5) is 11.4 Å². The molecule has 98 valence electrons. The second-order valence-electron chi connectivity index (χ2n) is 3.96. The van der Waals surface area contributed by atoms with Gasteiger partial charge in [0.25, 0.3) is 0 Å². The van der Waals surface area contributed by atoms with E-state index in [0.717, 1.165) is 5.69 Å². The molecular formula is C14H14N2O3. The van der Waals surface area contributed by atoms with Gasteiger partial charge in [-0.05, 0) is 35.5 Å². The monoisotopic (exact) mass is 258 g/mol. The van der Waals surface area contributed by atoms with Crippen LogP contribution in [-0.4, -0.2) is 12.2 Å². The summed E-state index contributed by atoms with van der Waals surface area (Å²) in [4.78, 5) is 10.5. The third-order valence-electron chi connectivity index (χ3n) is 2.74. The quantitative estimate of drug-likeness (QED) is 0.806. The number of methoxy groups -OCH3 is 1. The van der Waals surface area contributed by atoms with Gasteiger partial charge in [0, 0.05) is 12.1 Å². The molecule has 0 aliphatic carbocycles. The maximum Gasteiger partial charge on any atom is 0.141 e. The number of benzene rings is 2. The zero-order chi connectivity index (χ0) is 13.7. The summed E-state index contributed by atoms with van der Waals surface area (Å²) in [6.07, 6.45) is 0. The molecular weight excluding hydrogens is 244 g/mol. The maximum absolute atomic E-state index is 10.5. The first-order valence-electron chi connectivity index (χ1n) is 5.76. The smallest absolute Gasteiger partial charge is 0.141 e. The molecule has 5 nitrogen and oxygen atoms in total. The molecule has 2 aromatic carbocycles. The van der Waals surface area contributed by atoms with Crippen molar-refractivity contribution in [3.8, 4) is 11.5 Å². The van der Waals surface area contributed by atoms with Crippen LogP contribution in [0.2, 0.25) is 0 Å². The molecule has 2 aromatic rings. The van der Waals surface area contributed by atoms with Gasteiger partial charge in [0.2, 0.25) is 0 Å². The minimum absolute atomic E-state index is 0.120. The molecule has 0 unspecified atom stereocenters. The van der Waals surface area contributed by atoms with E-state index in [-0.39, 0.29) is 11.4 Å². The van der Waals surface area contributed by atoms with Crippen molar-refractivity contribution in [1.29, 1.82) is 0 Å². The molecule has 2 rings (SSSR count). The SMILES string of the molecule is COc1ccccc1NCc1cc(N=O)ccc1O. The Morgan fingerprint density at radius 2 is 2.05 bits per heavy atom. The van der Waals surface area contributed by atoms with Crippen molar-refractivity contribution < 1.29 is 9.84 Å². The molecule has 0 bridgehead atoms. The number of hydrogen-bond donors (Lipinski definition) is 2. The summed E-state index contributed by atoms with van der Waals surface area (Å²) in [5, 5.41) is 15.7. The number of nitrogens with zero attached hydrogens (tertiary/aromatic N) is 1. The van der Waals surface area contributed by atoms with Crippen molar-refractivity contribution in [3.63, 3.8) is 0 Å². The summed E-state index contributed by atoms with van der Waals surface area (Å²) >= 11 is 0. The first-order chi connectivity index (χ1) is 9.24. The number of rotatable bonds is 5. The van der Waals surface area contributed by atoms with Crippen molar-refractivity contribution in [1.82, 2.24) is 0 Å². The Bertz CT molecular complexity index is 585. The molecule has 0 aliphatic rings. The van der Waals surface area contributed by atoms with Gasteiger partial charge in [-0.2, -0.15) is 0 Å². The summed E-state index contributed by atoms with van der Waals surface area (Å²) in [6, 6.07) is 11.9. The van der Waals surface area contributed by atoms with Gasteiger partial charge >= 0.3 is 0 Å². The van der Waals surface area contributed by atoms with Crippen molar-refractivity contribution in [2.45, 2.75) is 6.54 Å². The van der Waals surface area contributed by atoms with Crippen LogP contribution in [0.5, 0.6) is 11.5 Å². The standard InChI is InChI=1S/C14H14N2O3/c1-19-14-5-3-2-4-12(14)15-9-10-8-11(16-18)6-7-13(10)17/h2-8,15,17H,9H2,1H3. The number of anilines is 1. The van der Waals surface area contributed by atoms with E-state index in [1.807, 2.05) is 24.3 Å². The lowest BCUT2D eigenvalue weighted by Gasteiger charge is -2.11. The molecule has 0 saturated carbocycles. The molecule has 0 aliphatic heterocycles. The van der Waals surface area contributed by atoms with Crippen LogP contribution >= 0.6 is 0 Å². The predicted octanol–water partition coefficient (Wildman–Crippen LogP) is 3.41. The fraction of sp³-hybridized carbons (Fsp3) is 0.143. The van der Waals surface area contributed by atoms with Gasteiger partial charge in [-0.1, -0.05) is 12.1 Å². The first kappa shape index (κ1) is 12.9. The van der Waals surface area contributed by atoms with Crippen molar-refractivity contribution in [3.05, 3.63) is 52.9 Å². The number of para-hydroxylation sites is 2. The summed E-state index contributed by atoms with van der Waals surface area (Å²) in [7, 11) is 1.59. The molecule has 0 radical (unpaired) electrons. The molecule has 0 saturated heterocycles. The van der Waals surface area contributed by atoms with Crippen LogP contribution in [0.25, 0.3) is 0 Å². The Kier molecular flexibility index (Phi) is 3.97. The van der Waals surface area contributed by atoms with Gasteiger partial charge < -0.3 is 15.2 Å². The summed E-state index contributed by atoms with van der Waals surface area (Å²) in [5.41, 5.74) is 1.70. The van der Waals surface area contributed by atoms with Crippen LogP contribution in [0, 0.1) is 4.91 Å². The van der Waals surface area contributed by atoms with Crippen LogP contribution < -0.4 is 10.1 Å². The van der Waals surface area contributed by atoms with E-state index in [1.54, 1.807) is 13.2 Å². The van der Waals surface area contributed by atoms with Crippen LogP contribution in [-0.2, 0) is 6.54 Å². The molecule has 19 heavy (non-hydrogen) atoms. The third kappa shape index (κ3) is 3.01. The minimum atomic E-state index is 0.120. The number of phenolic OH excluding ortho intramolecular Hbond substituents is 1. The Morgan fingerprint density at radius 1 is 1.26 bits per heavy atom. The normalized spacial score (nSPS) is 9.95. The average molecular weight is 258 g/mol. The molecule has 0 atom stereocenters. The first-order valence-corrected chi connectivity index (χ1v) is 5.76. The zero-order valence-corrected chi connectivity index (χ0v) is 10.5. The van der Waals surface area contributed by atoms with Gasteiger partial charge in [0.1, 0.15) is 17.2 Å². The number of aromatic hydroxyl groups is 1. The Labute approximate surface area is 110 Å². The van der Waals surface area contributed by atoms with Crippen LogP contribution in [0.3, 0.4) is 0 Å². The minimum Gasteiger partial charge on any atom is -0.508 e. The van der Waals surface area contributed by atoms with Gasteiger partial charge in [-0.25, -0.2) is 0 Å². The lowest BCUT2D eigenvalue weighted by Crippen LogP contribution is -2.01. The Hall–Kier alpha value is -2.56. The second kappa shape index (κ2) is 5.86. The zero-order valence-electron chi connectivity index (χ0n) is 10.5. The van der Waals surface area contributed by atoms with E-state index in [1.165, 1.54) is 12.1 Å². The van der Waals surface area contributed by atoms with Gasteiger partial charge in [-0.3, -0.25) is 0 Å². The van der Waals surface area contributed by atoms with Crippen molar-refractivity contribution >= 4 is 11.4 Å². The number of phenols is 1. The lowest BCUT2D eigenvalue weighted by atomic mass is 10.1. The molecule has 0 aromatic heterocycles.